The van der Waals surface area contributed by atoms with Crippen LogP contribution in [0.25, 0.3) is 0 Å². The van der Waals surface area contributed by atoms with Crippen LogP contribution in [0.5, 0.6) is 5.75 Å². The SMILES string of the molecule is COc1ccccc1CNC(=O)c1ccc(Nc2cc(C)ccc2C)cn1. The maximum Gasteiger partial charge on any atom is 0.270 e. The predicted molar refractivity (Wildman–Crippen MR) is 108 cm³/mol. The second-order valence-corrected chi connectivity index (χ2v) is 6.37. The van der Waals surface area contributed by atoms with Crippen LogP contribution in [-0.2, 0) is 6.54 Å². The van der Waals surface area contributed by atoms with E-state index in [9.17, 15) is 4.79 Å². The van der Waals surface area contributed by atoms with E-state index in [2.05, 4.69) is 47.7 Å². The third-order valence-electron chi connectivity index (χ3n) is 4.30. The van der Waals surface area contributed by atoms with Gasteiger partial charge in [-0.1, -0.05) is 30.3 Å². The molecule has 0 fully saturated rings. The Morgan fingerprint density at radius 1 is 1.07 bits per heavy atom. The van der Waals surface area contributed by atoms with E-state index in [-0.39, 0.29) is 5.91 Å². The molecule has 5 heteroatoms. The molecule has 3 rings (SSSR count). The number of methoxy groups -OCH3 is 1. The number of aryl methyl sites for hydroxylation is 2. The van der Waals surface area contributed by atoms with Gasteiger partial charge in [0, 0.05) is 17.8 Å². The molecule has 0 aliphatic rings. The van der Waals surface area contributed by atoms with Crippen molar-refractivity contribution in [3.63, 3.8) is 0 Å². The Labute approximate surface area is 159 Å². The number of carbonyl (C=O) groups excluding carboxylic acids is 1. The van der Waals surface area contributed by atoms with Gasteiger partial charge in [-0.3, -0.25) is 4.79 Å². The lowest BCUT2D eigenvalue weighted by Gasteiger charge is -2.11. The van der Waals surface area contributed by atoms with Gasteiger partial charge in [0.2, 0.25) is 0 Å². The number of anilines is 2. The number of carbonyl (C=O) groups is 1. The van der Waals surface area contributed by atoms with Crippen molar-refractivity contribution in [2.75, 3.05) is 12.4 Å². The Hall–Kier alpha value is -3.34. The highest BCUT2D eigenvalue weighted by molar-refractivity contribution is 5.92. The van der Waals surface area contributed by atoms with Crippen LogP contribution < -0.4 is 15.4 Å². The quantitative estimate of drug-likeness (QED) is 0.684. The fraction of sp³-hybridized carbons (Fsp3) is 0.182. The van der Waals surface area contributed by atoms with Gasteiger partial charge in [0.1, 0.15) is 11.4 Å². The minimum Gasteiger partial charge on any atom is -0.496 e. The monoisotopic (exact) mass is 361 g/mol. The molecule has 0 aliphatic heterocycles. The predicted octanol–water partition coefficient (Wildman–Crippen LogP) is 4.38. The summed E-state index contributed by atoms with van der Waals surface area (Å²) >= 11 is 0. The number of pyridine rings is 1. The van der Waals surface area contributed by atoms with E-state index in [1.54, 1.807) is 19.4 Å². The number of para-hydroxylation sites is 1. The average molecular weight is 361 g/mol. The first-order valence-electron chi connectivity index (χ1n) is 8.77. The second kappa shape index (κ2) is 8.36. The fourth-order valence-corrected chi connectivity index (χ4v) is 2.74. The van der Waals surface area contributed by atoms with Crippen LogP contribution in [0.1, 0.15) is 27.2 Å². The summed E-state index contributed by atoms with van der Waals surface area (Å²) < 4.78 is 5.30. The summed E-state index contributed by atoms with van der Waals surface area (Å²) in [5.41, 5.74) is 5.50. The molecule has 2 aromatic carbocycles. The zero-order valence-corrected chi connectivity index (χ0v) is 15.7. The maximum atomic E-state index is 12.4. The van der Waals surface area contributed by atoms with Gasteiger partial charge in [-0.05, 0) is 49.2 Å². The zero-order chi connectivity index (χ0) is 19.2. The van der Waals surface area contributed by atoms with Gasteiger partial charge in [0.05, 0.1) is 19.0 Å². The van der Waals surface area contributed by atoms with Crippen LogP contribution in [0.15, 0.2) is 60.8 Å². The number of rotatable bonds is 6. The lowest BCUT2D eigenvalue weighted by molar-refractivity contribution is 0.0945. The van der Waals surface area contributed by atoms with Crippen molar-refractivity contribution in [1.29, 1.82) is 0 Å². The summed E-state index contributed by atoms with van der Waals surface area (Å²) in [7, 11) is 1.61. The number of aromatic nitrogens is 1. The molecule has 3 aromatic rings. The fourth-order valence-electron chi connectivity index (χ4n) is 2.74. The van der Waals surface area contributed by atoms with Crippen LogP contribution in [0.2, 0.25) is 0 Å². The zero-order valence-electron chi connectivity index (χ0n) is 15.7. The summed E-state index contributed by atoms with van der Waals surface area (Å²) in [5, 5.41) is 6.22. The first-order valence-corrected chi connectivity index (χ1v) is 8.77. The summed E-state index contributed by atoms with van der Waals surface area (Å²) in [6.07, 6.45) is 1.67. The molecule has 0 aliphatic carbocycles. The molecule has 2 N–H and O–H groups in total. The van der Waals surface area contributed by atoms with Gasteiger partial charge >= 0.3 is 0 Å². The van der Waals surface area contributed by atoms with Crippen LogP contribution >= 0.6 is 0 Å². The molecule has 27 heavy (non-hydrogen) atoms. The maximum absolute atomic E-state index is 12.4. The number of ether oxygens (including phenoxy) is 1. The number of hydrogen-bond donors (Lipinski definition) is 2. The van der Waals surface area contributed by atoms with Gasteiger partial charge in [-0.25, -0.2) is 4.98 Å². The largest absolute Gasteiger partial charge is 0.496 e. The van der Waals surface area contributed by atoms with Crippen molar-refractivity contribution in [3.05, 3.63) is 83.2 Å². The van der Waals surface area contributed by atoms with E-state index in [0.717, 1.165) is 28.3 Å². The van der Waals surface area contributed by atoms with Crippen molar-refractivity contribution < 1.29 is 9.53 Å². The van der Waals surface area contributed by atoms with Crippen molar-refractivity contribution in [1.82, 2.24) is 10.3 Å². The standard InChI is InChI=1S/C22H23N3O2/c1-15-8-9-16(2)20(12-15)25-18-10-11-19(23-14-18)22(26)24-13-17-6-4-5-7-21(17)27-3/h4-12,14,25H,13H2,1-3H3,(H,24,26). The highest BCUT2D eigenvalue weighted by Crippen LogP contribution is 2.21. The Balaban J connectivity index is 1.64. The highest BCUT2D eigenvalue weighted by atomic mass is 16.5. The summed E-state index contributed by atoms with van der Waals surface area (Å²) in [6, 6.07) is 17.4. The Bertz CT molecular complexity index is 937. The van der Waals surface area contributed by atoms with Crippen LogP contribution in [0.3, 0.4) is 0 Å². The van der Waals surface area contributed by atoms with E-state index in [1.807, 2.05) is 30.3 Å². The van der Waals surface area contributed by atoms with Gasteiger partial charge in [-0.2, -0.15) is 0 Å². The molecule has 138 valence electrons. The molecule has 0 saturated heterocycles. The Morgan fingerprint density at radius 2 is 1.89 bits per heavy atom. The lowest BCUT2D eigenvalue weighted by atomic mass is 10.1. The highest BCUT2D eigenvalue weighted by Gasteiger charge is 2.09. The molecule has 0 atom stereocenters. The summed E-state index contributed by atoms with van der Waals surface area (Å²) in [6.45, 7) is 4.49. The Kier molecular flexibility index (Phi) is 5.71. The number of nitrogens with zero attached hydrogens (tertiary/aromatic N) is 1. The number of benzene rings is 2. The smallest absolute Gasteiger partial charge is 0.270 e. The third kappa shape index (κ3) is 4.64. The van der Waals surface area contributed by atoms with Gasteiger partial charge in [0.15, 0.2) is 0 Å². The van der Waals surface area contributed by atoms with Crippen molar-refractivity contribution in [2.24, 2.45) is 0 Å². The first kappa shape index (κ1) is 18.5. The number of nitrogens with one attached hydrogen (secondary N) is 2. The molecular formula is C22H23N3O2. The average Bonchev–Trinajstić information content (AvgIpc) is 2.69. The molecule has 1 amide bonds. The molecule has 1 aromatic heterocycles. The van der Waals surface area contributed by atoms with Crippen molar-refractivity contribution >= 4 is 17.3 Å². The van der Waals surface area contributed by atoms with Crippen molar-refractivity contribution in [2.45, 2.75) is 20.4 Å². The molecular weight excluding hydrogens is 338 g/mol. The van der Waals surface area contributed by atoms with Crippen LogP contribution in [0.4, 0.5) is 11.4 Å². The molecule has 0 saturated carbocycles. The number of hydrogen-bond acceptors (Lipinski definition) is 4. The summed E-state index contributed by atoms with van der Waals surface area (Å²) in [4.78, 5) is 16.6. The van der Waals surface area contributed by atoms with E-state index < -0.39 is 0 Å². The molecule has 5 nitrogen and oxygen atoms in total. The Morgan fingerprint density at radius 3 is 2.63 bits per heavy atom. The number of amides is 1. The van der Waals surface area contributed by atoms with Gasteiger partial charge < -0.3 is 15.4 Å². The summed E-state index contributed by atoms with van der Waals surface area (Å²) in [5.74, 6) is 0.526. The lowest BCUT2D eigenvalue weighted by Crippen LogP contribution is -2.24. The van der Waals surface area contributed by atoms with Gasteiger partial charge in [0.25, 0.3) is 5.91 Å². The molecule has 0 bridgehead atoms. The topological polar surface area (TPSA) is 63.2 Å². The first-order chi connectivity index (χ1) is 13.1. The van der Waals surface area contributed by atoms with E-state index >= 15 is 0 Å². The normalized spacial score (nSPS) is 10.3. The second-order valence-electron chi connectivity index (χ2n) is 6.37. The molecule has 1 heterocycles. The van der Waals surface area contributed by atoms with Crippen LogP contribution in [0, 0.1) is 13.8 Å². The minimum atomic E-state index is -0.223. The third-order valence-corrected chi connectivity index (χ3v) is 4.30. The van der Waals surface area contributed by atoms with Crippen LogP contribution in [-0.4, -0.2) is 18.0 Å². The molecule has 0 spiro atoms. The molecule has 0 radical (unpaired) electrons. The van der Waals surface area contributed by atoms with E-state index in [4.69, 9.17) is 4.74 Å². The van der Waals surface area contributed by atoms with Crippen molar-refractivity contribution in [3.8, 4) is 5.75 Å². The minimum absolute atomic E-state index is 0.223. The van der Waals surface area contributed by atoms with E-state index in [0.29, 0.717) is 12.2 Å². The molecule has 0 unspecified atom stereocenters. The van der Waals surface area contributed by atoms with Gasteiger partial charge in [-0.15, -0.1) is 0 Å². The van der Waals surface area contributed by atoms with E-state index in [1.165, 1.54) is 5.56 Å².